The fraction of sp³-hybridized carbons (Fsp3) is 0.333. The van der Waals surface area contributed by atoms with Crippen LogP contribution >= 0.6 is 0 Å². The lowest BCUT2D eigenvalue weighted by atomic mass is 9.98. The summed E-state index contributed by atoms with van der Waals surface area (Å²) in [6.45, 7) is 2.47. The van der Waals surface area contributed by atoms with Crippen molar-refractivity contribution in [1.82, 2.24) is 0 Å². The van der Waals surface area contributed by atoms with Gasteiger partial charge in [0.05, 0.1) is 4.90 Å². The molecule has 16 heavy (non-hydrogen) atoms. The molecule has 0 aromatic heterocycles. The molecule has 1 aliphatic rings. The van der Waals surface area contributed by atoms with Crippen LogP contribution in [0.1, 0.15) is 24.5 Å². The predicted octanol–water partition coefficient (Wildman–Crippen LogP) is 1.73. The monoisotopic (exact) mass is 237 g/mol. The normalized spacial score (nSPS) is 17.0. The Balaban J connectivity index is 2.54. The summed E-state index contributed by atoms with van der Waals surface area (Å²) in [4.78, 5) is 0.444. The summed E-state index contributed by atoms with van der Waals surface area (Å²) in [6, 6.07) is 5.45. The van der Waals surface area contributed by atoms with Gasteiger partial charge in [0, 0.05) is 11.0 Å². The average molecular weight is 237 g/mol. The number of nitrogens with two attached hydrogens (primary N) is 1. The van der Waals surface area contributed by atoms with Crippen LogP contribution in [0, 0.1) is 0 Å². The third-order valence-corrected chi connectivity index (χ3v) is 4.41. The van der Waals surface area contributed by atoms with Gasteiger partial charge in [0.2, 0.25) is 9.84 Å². The zero-order valence-electron chi connectivity index (χ0n) is 9.23. The summed E-state index contributed by atoms with van der Waals surface area (Å²) in [5, 5.41) is 1.35. The van der Waals surface area contributed by atoms with Crippen LogP contribution in [0.3, 0.4) is 0 Å². The minimum absolute atomic E-state index is 0.444. The molecule has 0 atom stereocenters. The van der Waals surface area contributed by atoms with Crippen LogP contribution < -0.4 is 5.73 Å². The molecule has 0 aliphatic carbocycles. The lowest BCUT2D eigenvalue weighted by Gasteiger charge is -2.08. The minimum atomic E-state index is -3.20. The van der Waals surface area contributed by atoms with Gasteiger partial charge in [-0.05, 0) is 43.5 Å². The molecule has 86 valence electrons. The van der Waals surface area contributed by atoms with Crippen molar-refractivity contribution in [1.29, 1.82) is 0 Å². The van der Waals surface area contributed by atoms with Crippen molar-refractivity contribution in [2.24, 2.45) is 5.73 Å². The van der Waals surface area contributed by atoms with Crippen LogP contribution in [-0.4, -0.2) is 15.0 Å². The molecule has 1 aromatic rings. The smallest absolute Gasteiger partial charge is 0.200 e. The Morgan fingerprint density at radius 2 is 2.06 bits per heavy atom. The molecular weight excluding hydrogens is 222 g/mol. The molecular formula is C12H15NO2S. The molecule has 1 aromatic carbocycles. The quantitative estimate of drug-likeness (QED) is 0.870. The number of fused-ring (bicyclic) bond motifs is 1. The molecule has 0 fully saturated rings. The maximum absolute atomic E-state index is 11.8. The van der Waals surface area contributed by atoms with E-state index in [4.69, 9.17) is 5.73 Å². The van der Waals surface area contributed by atoms with Gasteiger partial charge in [-0.1, -0.05) is 12.1 Å². The molecule has 0 saturated heterocycles. The summed E-state index contributed by atoms with van der Waals surface area (Å²) in [6.07, 6.45) is 1.71. The number of hydrogen-bond acceptors (Lipinski definition) is 3. The first-order valence-corrected chi connectivity index (χ1v) is 6.86. The fourth-order valence-electron chi connectivity index (χ4n) is 2.12. The Kier molecular flexibility index (Phi) is 2.86. The summed E-state index contributed by atoms with van der Waals surface area (Å²) in [5.41, 5.74) is 8.28. The minimum Gasteiger partial charge on any atom is -0.330 e. The van der Waals surface area contributed by atoms with Gasteiger partial charge in [-0.3, -0.25) is 0 Å². The summed E-state index contributed by atoms with van der Waals surface area (Å²) in [7, 11) is -3.20. The van der Waals surface area contributed by atoms with Crippen LogP contribution in [-0.2, 0) is 16.3 Å². The molecule has 0 saturated carbocycles. The Bertz CT molecular complexity index is 544. The number of benzene rings is 1. The Morgan fingerprint density at radius 1 is 1.31 bits per heavy atom. The summed E-state index contributed by atoms with van der Waals surface area (Å²) in [5.74, 6) is 0. The molecule has 0 amide bonds. The number of rotatable bonds is 3. The molecule has 3 nitrogen and oxygen atoms in total. The van der Waals surface area contributed by atoms with Crippen LogP contribution in [0.5, 0.6) is 0 Å². The van der Waals surface area contributed by atoms with E-state index in [0.717, 1.165) is 29.5 Å². The van der Waals surface area contributed by atoms with E-state index in [1.807, 2.05) is 13.0 Å². The standard InChI is InChI=1S/C12H15NO2S/c1-9-8-16(14,15)11-6-2-4-10(12(9)11)5-3-7-13/h2,4,6,8H,3,5,7,13H2,1H3. The topological polar surface area (TPSA) is 60.2 Å². The van der Waals surface area contributed by atoms with Crippen molar-refractivity contribution in [3.8, 4) is 0 Å². The first-order valence-electron chi connectivity index (χ1n) is 5.32. The second kappa shape index (κ2) is 4.03. The van der Waals surface area contributed by atoms with Gasteiger partial charge in [0.25, 0.3) is 0 Å². The third-order valence-electron chi connectivity index (χ3n) is 2.80. The van der Waals surface area contributed by atoms with E-state index < -0.39 is 9.84 Å². The van der Waals surface area contributed by atoms with Gasteiger partial charge in [-0.25, -0.2) is 8.42 Å². The SMILES string of the molecule is CC1=CS(=O)(=O)c2cccc(CCCN)c21. The Labute approximate surface area is 95.9 Å². The maximum atomic E-state index is 11.8. The third kappa shape index (κ3) is 1.79. The molecule has 1 aliphatic heterocycles. The zero-order chi connectivity index (χ0) is 11.8. The van der Waals surface area contributed by atoms with E-state index in [2.05, 4.69) is 0 Å². The van der Waals surface area contributed by atoms with E-state index in [1.165, 1.54) is 5.41 Å². The summed E-state index contributed by atoms with van der Waals surface area (Å²) < 4.78 is 23.6. The van der Waals surface area contributed by atoms with Crippen molar-refractivity contribution in [2.45, 2.75) is 24.7 Å². The fourth-order valence-corrected chi connectivity index (χ4v) is 3.67. The van der Waals surface area contributed by atoms with Crippen LogP contribution in [0.25, 0.3) is 5.57 Å². The second-order valence-electron chi connectivity index (χ2n) is 4.03. The molecule has 0 spiro atoms. The van der Waals surface area contributed by atoms with Gasteiger partial charge < -0.3 is 5.73 Å². The first kappa shape index (κ1) is 11.4. The average Bonchev–Trinajstić information content (AvgIpc) is 2.47. The zero-order valence-corrected chi connectivity index (χ0v) is 10.0. The molecule has 0 bridgehead atoms. The number of allylic oxidation sites excluding steroid dienone is 1. The highest BCUT2D eigenvalue weighted by molar-refractivity contribution is 7.95. The van der Waals surface area contributed by atoms with E-state index >= 15 is 0 Å². The van der Waals surface area contributed by atoms with Crippen LogP contribution in [0.2, 0.25) is 0 Å². The number of aryl methyl sites for hydroxylation is 1. The second-order valence-corrected chi connectivity index (χ2v) is 5.79. The van der Waals surface area contributed by atoms with Crippen molar-refractivity contribution >= 4 is 15.4 Å². The largest absolute Gasteiger partial charge is 0.330 e. The van der Waals surface area contributed by atoms with E-state index in [1.54, 1.807) is 12.1 Å². The first-order chi connectivity index (χ1) is 7.56. The number of sulfone groups is 1. The molecule has 4 heteroatoms. The van der Waals surface area contributed by atoms with E-state index in [0.29, 0.717) is 11.4 Å². The maximum Gasteiger partial charge on any atom is 0.200 e. The van der Waals surface area contributed by atoms with Crippen molar-refractivity contribution in [3.63, 3.8) is 0 Å². The van der Waals surface area contributed by atoms with Gasteiger partial charge in [0.1, 0.15) is 0 Å². The lowest BCUT2D eigenvalue weighted by Crippen LogP contribution is -2.03. The van der Waals surface area contributed by atoms with Gasteiger partial charge in [-0.2, -0.15) is 0 Å². The highest BCUT2D eigenvalue weighted by Crippen LogP contribution is 2.35. The van der Waals surface area contributed by atoms with Crippen LogP contribution in [0.15, 0.2) is 28.5 Å². The molecule has 2 N–H and O–H groups in total. The van der Waals surface area contributed by atoms with Crippen LogP contribution in [0.4, 0.5) is 0 Å². The highest BCUT2D eigenvalue weighted by atomic mass is 32.2. The Morgan fingerprint density at radius 3 is 2.75 bits per heavy atom. The highest BCUT2D eigenvalue weighted by Gasteiger charge is 2.26. The Hall–Kier alpha value is -1.13. The summed E-state index contributed by atoms with van der Waals surface area (Å²) >= 11 is 0. The van der Waals surface area contributed by atoms with Gasteiger partial charge >= 0.3 is 0 Å². The van der Waals surface area contributed by atoms with Crippen molar-refractivity contribution in [2.75, 3.05) is 6.54 Å². The van der Waals surface area contributed by atoms with Crippen molar-refractivity contribution < 1.29 is 8.42 Å². The molecule has 1 heterocycles. The lowest BCUT2D eigenvalue weighted by molar-refractivity contribution is 0.605. The van der Waals surface area contributed by atoms with E-state index in [9.17, 15) is 8.42 Å². The molecule has 0 unspecified atom stereocenters. The van der Waals surface area contributed by atoms with Gasteiger partial charge in [0.15, 0.2) is 0 Å². The number of hydrogen-bond donors (Lipinski definition) is 1. The predicted molar refractivity (Wildman–Crippen MR) is 64.7 cm³/mol. The molecule has 2 rings (SSSR count). The van der Waals surface area contributed by atoms with E-state index in [-0.39, 0.29) is 0 Å². The van der Waals surface area contributed by atoms with Gasteiger partial charge in [-0.15, -0.1) is 0 Å². The molecule has 0 radical (unpaired) electrons. The van der Waals surface area contributed by atoms with Crippen molar-refractivity contribution in [3.05, 3.63) is 34.7 Å².